The number of anilines is 2. The van der Waals surface area contributed by atoms with Gasteiger partial charge in [-0.1, -0.05) is 6.07 Å². The van der Waals surface area contributed by atoms with Gasteiger partial charge in [0.25, 0.3) is 0 Å². The van der Waals surface area contributed by atoms with E-state index in [1.165, 1.54) is 11.5 Å². The second-order valence-corrected chi connectivity index (χ2v) is 4.72. The molecule has 0 unspecified atom stereocenters. The van der Waals surface area contributed by atoms with Gasteiger partial charge in [0.05, 0.1) is 17.8 Å². The van der Waals surface area contributed by atoms with E-state index in [9.17, 15) is 0 Å². The summed E-state index contributed by atoms with van der Waals surface area (Å²) in [4.78, 5) is 4.11. The van der Waals surface area contributed by atoms with E-state index in [1.807, 2.05) is 18.2 Å². The number of pyridine rings is 1. The van der Waals surface area contributed by atoms with Crippen LogP contribution in [0.25, 0.3) is 11.1 Å². The highest BCUT2D eigenvalue weighted by atomic mass is 32.1. The first-order valence-corrected chi connectivity index (χ1v) is 6.49. The van der Waals surface area contributed by atoms with E-state index < -0.39 is 0 Å². The van der Waals surface area contributed by atoms with Gasteiger partial charge in [0.1, 0.15) is 10.8 Å². The van der Waals surface area contributed by atoms with Gasteiger partial charge in [-0.2, -0.15) is 9.47 Å². The minimum atomic E-state index is 0.519. The van der Waals surface area contributed by atoms with Gasteiger partial charge in [-0.05, 0) is 23.7 Å². The molecule has 4 N–H and O–H groups in total. The van der Waals surface area contributed by atoms with E-state index in [0.29, 0.717) is 12.4 Å². The highest BCUT2D eigenvalue weighted by Crippen LogP contribution is 2.36. The van der Waals surface area contributed by atoms with Gasteiger partial charge < -0.3 is 11.1 Å². The predicted octanol–water partition coefficient (Wildman–Crippen LogP) is 2.12. The van der Waals surface area contributed by atoms with Crippen molar-refractivity contribution in [2.45, 2.75) is 6.54 Å². The quantitative estimate of drug-likeness (QED) is 0.676. The largest absolute Gasteiger partial charge is 0.382 e. The number of nitrogens with one attached hydrogen (secondary N) is 2. The summed E-state index contributed by atoms with van der Waals surface area (Å²) in [6.45, 7) is 0.648. The Morgan fingerprint density at radius 2 is 2.26 bits per heavy atom. The zero-order chi connectivity index (χ0) is 13.1. The standard InChI is InChI=1S/C12H12N6S/c13-11-10(8-2-1-4-14-6-8)12(19-18-11)15-7-9-3-5-16-17-9/h1-6,15H,7H2,(H2,13,18)(H,16,17). The maximum Gasteiger partial charge on any atom is 0.147 e. The zero-order valence-corrected chi connectivity index (χ0v) is 10.8. The fourth-order valence-corrected chi connectivity index (χ4v) is 2.50. The lowest BCUT2D eigenvalue weighted by Crippen LogP contribution is -2.00. The van der Waals surface area contributed by atoms with Gasteiger partial charge in [-0.25, -0.2) is 0 Å². The van der Waals surface area contributed by atoms with Crippen molar-refractivity contribution in [2.24, 2.45) is 0 Å². The van der Waals surface area contributed by atoms with Crippen LogP contribution in [-0.4, -0.2) is 19.6 Å². The van der Waals surface area contributed by atoms with E-state index in [2.05, 4.69) is 24.9 Å². The summed E-state index contributed by atoms with van der Waals surface area (Å²) in [6.07, 6.45) is 5.23. The maximum absolute atomic E-state index is 5.93. The third kappa shape index (κ3) is 2.41. The van der Waals surface area contributed by atoms with Crippen molar-refractivity contribution in [3.63, 3.8) is 0 Å². The SMILES string of the molecule is Nc1nsc(NCc2ccn[nH]2)c1-c1cccnc1. The van der Waals surface area contributed by atoms with Crippen LogP contribution in [0.15, 0.2) is 36.8 Å². The molecule has 0 amide bonds. The van der Waals surface area contributed by atoms with Crippen molar-refractivity contribution in [1.29, 1.82) is 0 Å². The lowest BCUT2D eigenvalue weighted by Gasteiger charge is -2.05. The normalized spacial score (nSPS) is 10.5. The first-order chi connectivity index (χ1) is 9.34. The summed E-state index contributed by atoms with van der Waals surface area (Å²) in [5.74, 6) is 0.519. The Hall–Kier alpha value is -2.41. The van der Waals surface area contributed by atoms with E-state index in [4.69, 9.17) is 5.73 Å². The Labute approximate surface area is 113 Å². The van der Waals surface area contributed by atoms with Crippen LogP contribution in [0.4, 0.5) is 10.8 Å². The molecule has 7 heteroatoms. The third-order valence-corrected chi connectivity index (χ3v) is 3.49. The van der Waals surface area contributed by atoms with Crippen LogP contribution < -0.4 is 11.1 Å². The Balaban J connectivity index is 1.87. The number of H-pyrrole nitrogens is 1. The minimum absolute atomic E-state index is 0.519. The Morgan fingerprint density at radius 1 is 1.32 bits per heavy atom. The Morgan fingerprint density at radius 3 is 3.00 bits per heavy atom. The summed E-state index contributed by atoms with van der Waals surface area (Å²) in [7, 11) is 0. The summed E-state index contributed by atoms with van der Waals surface area (Å²) >= 11 is 1.34. The molecule has 0 saturated heterocycles. The summed E-state index contributed by atoms with van der Waals surface area (Å²) in [6, 6.07) is 5.76. The number of rotatable bonds is 4. The van der Waals surface area contributed by atoms with Crippen LogP contribution in [0.3, 0.4) is 0 Å². The molecule has 0 aliphatic rings. The predicted molar refractivity (Wildman–Crippen MR) is 75.7 cm³/mol. The Kier molecular flexibility index (Phi) is 3.11. The molecule has 0 radical (unpaired) electrons. The lowest BCUT2D eigenvalue weighted by atomic mass is 10.1. The fraction of sp³-hybridized carbons (Fsp3) is 0.0833. The molecule has 6 nitrogen and oxygen atoms in total. The van der Waals surface area contributed by atoms with E-state index >= 15 is 0 Å². The second kappa shape index (κ2) is 5.07. The third-order valence-electron chi connectivity index (χ3n) is 2.67. The second-order valence-electron chi connectivity index (χ2n) is 3.95. The van der Waals surface area contributed by atoms with Crippen molar-refractivity contribution in [3.05, 3.63) is 42.5 Å². The molecule has 0 atom stereocenters. The number of hydrogen-bond acceptors (Lipinski definition) is 6. The molecule has 3 rings (SSSR count). The van der Waals surface area contributed by atoms with Crippen LogP contribution in [0.5, 0.6) is 0 Å². The van der Waals surface area contributed by atoms with E-state index in [0.717, 1.165) is 21.8 Å². The highest BCUT2D eigenvalue weighted by Gasteiger charge is 2.13. The smallest absolute Gasteiger partial charge is 0.147 e. The van der Waals surface area contributed by atoms with Crippen LogP contribution >= 0.6 is 11.5 Å². The van der Waals surface area contributed by atoms with Gasteiger partial charge in [0.2, 0.25) is 0 Å². The first kappa shape index (κ1) is 11.7. The van der Waals surface area contributed by atoms with Crippen LogP contribution in [0.1, 0.15) is 5.69 Å². The topological polar surface area (TPSA) is 92.5 Å². The van der Waals surface area contributed by atoms with Gasteiger partial charge in [-0.3, -0.25) is 10.1 Å². The Bertz CT molecular complexity index is 646. The van der Waals surface area contributed by atoms with E-state index in [1.54, 1.807) is 18.6 Å². The number of hydrogen-bond donors (Lipinski definition) is 3. The molecular formula is C12H12N6S. The minimum Gasteiger partial charge on any atom is -0.382 e. The van der Waals surface area contributed by atoms with Crippen molar-refractivity contribution in [2.75, 3.05) is 11.1 Å². The maximum atomic E-state index is 5.93. The monoisotopic (exact) mass is 272 g/mol. The number of nitrogen functional groups attached to an aromatic ring is 1. The molecule has 3 aromatic heterocycles. The average Bonchev–Trinajstić information content (AvgIpc) is 3.07. The molecule has 0 fully saturated rings. The molecule has 0 saturated carbocycles. The highest BCUT2D eigenvalue weighted by molar-refractivity contribution is 7.11. The number of aromatic nitrogens is 4. The van der Waals surface area contributed by atoms with Gasteiger partial charge in [-0.15, -0.1) is 0 Å². The zero-order valence-electron chi connectivity index (χ0n) is 10.00. The fourth-order valence-electron chi connectivity index (χ4n) is 1.77. The van der Waals surface area contributed by atoms with Crippen molar-refractivity contribution in [3.8, 4) is 11.1 Å². The molecule has 3 aromatic rings. The number of nitrogens with two attached hydrogens (primary N) is 1. The van der Waals surface area contributed by atoms with Crippen LogP contribution in [0, 0.1) is 0 Å². The number of nitrogens with zero attached hydrogens (tertiary/aromatic N) is 3. The molecule has 96 valence electrons. The van der Waals surface area contributed by atoms with Crippen molar-refractivity contribution < 1.29 is 0 Å². The van der Waals surface area contributed by atoms with Crippen molar-refractivity contribution >= 4 is 22.4 Å². The van der Waals surface area contributed by atoms with Gasteiger partial charge >= 0.3 is 0 Å². The summed E-state index contributed by atoms with van der Waals surface area (Å²) in [5, 5.41) is 11.1. The van der Waals surface area contributed by atoms with Crippen LogP contribution in [-0.2, 0) is 6.54 Å². The molecule has 0 aliphatic heterocycles. The molecule has 19 heavy (non-hydrogen) atoms. The molecule has 3 heterocycles. The molecule has 0 aliphatic carbocycles. The molecule has 0 spiro atoms. The summed E-state index contributed by atoms with van der Waals surface area (Å²) < 4.78 is 4.20. The number of aromatic amines is 1. The van der Waals surface area contributed by atoms with E-state index in [-0.39, 0.29) is 0 Å². The first-order valence-electron chi connectivity index (χ1n) is 5.72. The van der Waals surface area contributed by atoms with Gasteiger partial charge in [0, 0.05) is 24.2 Å². The molecule has 0 aromatic carbocycles. The molecule has 0 bridgehead atoms. The molecular weight excluding hydrogens is 260 g/mol. The summed E-state index contributed by atoms with van der Waals surface area (Å²) in [5.41, 5.74) is 8.80. The average molecular weight is 272 g/mol. The van der Waals surface area contributed by atoms with Gasteiger partial charge in [0.15, 0.2) is 0 Å². The van der Waals surface area contributed by atoms with Crippen molar-refractivity contribution in [1.82, 2.24) is 19.6 Å². The lowest BCUT2D eigenvalue weighted by molar-refractivity contribution is 0.984. The van der Waals surface area contributed by atoms with Crippen LogP contribution in [0.2, 0.25) is 0 Å².